The van der Waals surface area contributed by atoms with E-state index in [9.17, 15) is 9.59 Å². The number of carboxylic acid groups (broad SMARTS) is 1. The Hall–Kier alpha value is -1.69. The smallest absolute Gasteiger partial charge is 0.339 e. The molecule has 0 fully saturated rings. The Morgan fingerprint density at radius 1 is 1.33 bits per heavy atom. The van der Waals surface area contributed by atoms with Gasteiger partial charge in [-0.1, -0.05) is 6.07 Å². The highest BCUT2D eigenvalue weighted by Crippen LogP contribution is 2.20. The molecule has 0 amide bonds. The van der Waals surface area contributed by atoms with Gasteiger partial charge in [-0.05, 0) is 24.6 Å². The van der Waals surface area contributed by atoms with Crippen LogP contribution in [0.15, 0.2) is 18.2 Å². The van der Waals surface area contributed by atoms with Gasteiger partial charge in [0.2, 0.25) is 0 Å². The highest BCUT2D eigenvalue weighted by molar-refractivity contribution is 7.81. The third-order valence-electron chi connectivity index (χ3n) is 2.10. The summed E-state index contributed by atoms with van der Waals surface area (Å²) in [5.74, 6) is -1.23. The van der Waals surface area contributed by atoms with E-state index in [-0.39, 0.29) is 30.3 Å². The van der Waals surface area contributed by atoms with Crippen molar-refractivity contribution in [1.29, 1.82) is 0 Å². The van der Waals surface area contributed by atoms with Crippen LogP contribution in [-0.4, -0.2) is 36.0 Å². The maximum absolute atomic E-state index is 10.9. The average molecular weight is 270 g/mol. The van der Waals surface area contributed by atoms with E-state index in [0.29, 0.717) is 0 Å². The van der Waals surface area contributed by atoms with Gasteiger partial charge in [0.25, 0.3) is 0 Å². The number of aromatic carboxylic acids is 1. The number of hydrogen-bond acceptors (Lipinski definition) is 5. The maximum Gasteiger partial charge on any atom is 0.339 e. The van der Waals surface area contributed by atoms with E-state index in [4.69, 9.17) is 14.6 Å². The quantitative estimate of drug-likeness (QED) is 0.466. The van der Waals surface area contributed by atoms with Crippen molar-refractivity contribution in [2.75, 3.05) is 19.0 Å². The van der Waals surface area contributed by atoms with Gasteiger partial charge < -0.3 is 14.6 Å². The number of carbonyl (C=O) groups is 2. The number of hydrogen-bond donors (Lipinski definition) is 2. The van der Waals surface area contributed by atoms with Gasteiger partial charge in [0.05, 0.1) is 5.75 Å². The van der Waals surface area contributed by atoms with Crippen LogP contribution in [0.2, 0.25) is 0 Å². The third-order valence-corrected chi connectivity index (χ3v) is 2.36. The van der Waals surface area contributed by atoms with Crippen LogP contribution in [0, 0.1) is 6.92 Å². The van der Waals surface area contributed by atoms with Crippen LogP contribution in [0.4, 0.5) is 0 Å². The second-order valence-corrected chi connectivity index (χ2v) is 3.85. The molecule has 0 aliphatic rings. The van der Waals surface area contributed by atoms with Gasteiger partial charge in [0.15, 0.2) is 0 Å². The first-order chi connectivity index (χ1) is 8.54. The lowest BCUT2D eigenvalue weighted by molar-refractivity contribution is -0.141. The van der Waals surface area contributed by atoms with E-state index >= 15 is 0 Å². The molecule has 0 atom stereocenters. The zero-order chi connectivity index (χ0) is 13.5. The Balaban J connectivity index is 2.58. The second-order valence-electron chi connectivity index (χ2n) is 3.53. The molecule has 0 aromatic heterocycles. The van der Waals surface area contributed by atoms with Crippen LogP contribution < -0.4 is 4.74 Å². The highest BCUT2D eigenvalue weighted by Gasteiger charge is 2.11. The monoisotopic (exact) mass is 270 g/mol. The summed E-state index contributed by atoms with van der Waals surface area (Å²) in [4.78, 5) is 21.7. The minimum absolute atomic E-state index is 0.00478. The molecule has 0 bridgehead atoms. The Morgan fingerprint density at radius 3 is 2.67 bits per heavy atom. The van der Waals surface area contributed by atoms with Gasteiger partial charge in [-0.25, -0.2) is 4.79 Å². The molecule has 1 aromatic carbocycles. The fraction of sp³-hybridized carbons (Fsp3) is 0.333. The Morgan fingerprint density at radius 2 is 2.06 bits per heavy atom. The number of thiol groups is 1. The van der Waals surface area contributed by atoms with Gasteiger partial charge in [0, 0.05) is 0 Å². The minimum atomic E-state index is -1.06. The summed E-state index contributed by atoms with van der Waals surface area (Å²) in [6, 6.07) is 4.80. The van der Waals surface area contributed by atoms with Crippen molar-refractivity contribution in [1.82, 2.24) is 0 Å². The fourth-order valence-corrected chi connectivity index (χ4v) is 1.37. The number of rotatable bonds is 6. The number of ether oxygens (including phenoxy) is 2. The molecule has 1 rings (SSSR count). The van der Waals surface area contributed by atoms with Crippen LogP contribution in [-0.2, 0) is 9.53 Å². The summed E-state index contributed by atoms with van der Waals surface area (Å²) in [5, 5.41) is 8.96. The average Bonchev–Trinajstić information content (AvgIpc) is 2.34. The molecule has 0 saturated heterocycles. The van der Waals surface area contributed by atoms with Crippen LogP contribution in [0.25, 0.3) is 0 Å². The van der Waals surface area contributed by atoms with Crippen molar-refractivity contribution in [2.45, 2.75) is 6.92 Å². The van der Waals surface area contributed by atoms with E-state index < -0.39 is 11.9 Å². The molecular weight excluding hydrogens is 256 g/mol. The molecule has 5 nitrogen and oxygen atoms in total. The van der Waals surface area contributed by atoms with E-state index in [1.807, 2.05) is 6.92 Å². The normalized spacial score (nSPS) is 9.89. The molecule has 0 spiro atoms. The molecule has 1 aromatic rings. The van der Waals surface area contributed by atoms with Crippen molar-refractivity contribution in [3.63, 3.8) is 0 Å². The predicted molar refractivity (Wildman–Crippen MR) is 68.4 cm³/mol. The zero-order valence-corrected chi connectivity index (χ0v) is 10.8. The van der Waals surface area contributed by atoms with Crippen LogP contribution in [0.1, 0.15) is 15.9 Å². The van der Waals surface area contributed by atoms with E-state index in [1.54, 1.807) is 12.1 Å². The first-order valence-corrected chi connectivity index (χ1v) is 5.91. The molecule has 98 valence electrons. The minimum Gasteiger partial charge on any atom is -0.489 e. The molecule has 0 radical (unpaired) electrons. The van der Waals surface area contributed by atoms with Gasteiger partial charge in [-0.3, -0.25) is 4.79 Å². The number of carboxylic acids is 1. The van der Waals surface area contributed by atoms with E-state index in [2.05, 4.69) is 12.6 Å². The standard InChI is InChI=1S/C12H14O5S/c1-8-2-3-9(12(14)15)10(6-8)16-4-5-17-11(13)7-18/h2-3,6,18H,4-5,7H2,1H3,(H,14,15). The van der Waals surface area contributed by atoms with Crippen LogP contribution in [0.3, 0.4) is 0 Å². The number of carbonyl (C=O) groups excluding carboxylic acids is 1. The molecule has 0 heterocycles. The summed E-state index contributed by atoms with van der Waals surface area (Å²) in [5.41, 5.74) is 0.975. The van der Waals surface area contributed by atoms with Crippen molar-refractivity contribution >= 4 is 24.6 Å². The van der Waals surface area contributed by atoms with Crippen LogP contribution in [0.5, 0.6) is 5.75 Å². The topological polar surface area (TPSA) is 72.8 Å². The Labute approximate surface area is 110 Å². The lowest BCUT2D eigenvalue weighted by Gasteiger charge is -2.10. The molecule has 0 unspecified atom stereocenters. The molecule has 1 N–H and O–H groups in total. The second kappa shape index (κ2) is 6.90. The van der Waals surface area contributed by atoms with E-state index in [1.165, 1.54) is 6.07 Å². The van der Waals surface area contributed by atoms with Gasteiger partial charge in [0.1, 0.15) is 24.5 Å². The lowest BCUT2D eigenvalue weighted by Crippen LogP contribution is -2.14. The van der Waals surface area contributed by atoms with Gasteiger partial charge in [-0.15, -0.1) is 0 Å². The van der Waals surface area contributed by atoms with Gasteiger partial charge >= 0.3 is 11.9 Å². The zero-order valence-electron chi connectivity index (χ0n) is 9.88. The Kier molecular flexibility index (Phi) is 5.51. The Bertz CT molecular complexity index is 444. The van der Waals surface area contributed by atoms with Crippen molar-refractivity contribution < 1.29 is 24.2 Å². The molecule has 0 saturated carbocycles. The molecule has 0 aliphatic heterocycles. The first-order valence-electron chi connectivity index (χ1n) is 5.28. The summed E-state index contributed by atoms with van der Waals surface area (Å²) in [7, 11) is 0. The highest BCUT2D eigenvalue weighted by atomic mass is 32.1. The summed E-state index contributed by atoms with van der Waals surface area (Å²) in [6.07, 6.45) is 0. The lowest BCUT2D eigenvalue weighted by atomic mass is 10.1. The molecule has 18 heavy (non-hydrogen) atoms. The number of aryl methyl sites for hydroxylation is 1. The molecule has 0 aliphatic carbocycles. The van der Waals surface area contributed by atoms with Gasteiger partial charge in [-0.2, -0.15) is 12.6 Å². The SMILES string of the molecule is Cc1ccc(C(=O)O)c(OCCOC(=O)CS)c1. The third kappa shape index (κ3) is 4.29. The molecular formula is C12H14O5S. The van der Waals surface area contributed by atoms with Crippen LogP contribution >= 0.6 is 12.6 Å². The maximum atomic E-state index is 10.9. The van der Waals surface area contributed by atoms with E-state index in [0.717, 1.165) is 5.56 Å². The predicted octanol–water partition coefficient (Wildman–Crippen LogP) is 1.55. The van der Waals surface area contributed by atoms with Crippen molar-refractivity contribution in [3.05, 3.63) is 29.3 Å². The fourth-order valence-electron chi connectivity index (χ4n) is 1.28. The summed E-state index contributed by atoms with van der Waals surface area (Å²) in [6.45, 7) is 2.00. The summed E-state index contributed by atoms with van der Waals surface area (Å²) < 4.78 is 10.0. The summed E-state index contributed by atoms with van der Waals surface area (Å²) >= 11 is 3.75. The first kappa shape index (κ1) is 14.4. The van der Waals surface area contributed by atoms with Crippen molar-refractivity contribution in [3.8, 4) is 5.75 Å². The van der Waals surface area contributed by atoms with Crippen molar-refractivity contribution in [2.24, 2.45) is 0 Å². The molecule has 6 heteroatoms. The number of esters is 1. The number of benzene rings is 1. The largest absolute Gasteiger partial charge is 0.489 e.